The van der Waals surface area contributed by atoms with Crippen molar-refractivity contribution >= 4 is 21.6 Å². The van der Waals surface area contributed by atoms with E-state index >= 15 is 0 Å². The second-order valence-corrected chi connectivity index (χ2v) is 9.21. The molecule has 0 unspecified atom stereocenters. The number of benzene rings is 2. The zero-order valence-corrected chi connectivity index (χ0v) is 17.6. The quantitative estimate of drug-likeness (QED) is 0.646. The molecule has 2 aromatic rings. The number of amides is 1. The lowest BCUT2D eigenvalue weighted by molar-refractivity contribution is 0.102. The number of rotatable bonds is 8. The molecule has 0 fully saturated rings. The van der Waals surface area contributed by atoms with Crippen LogP contribution in [0.5, 0.6) is 5.75 Å². The highest BCUT2D eigenvalue weighted by atomic mass is 32.2. The van der Waals surface area contributed by atoms with Crippen molar-refractivity contribution in [2.24, 2.45) is 0 Å². The molecule has 6 nitrogen and oxygen atoms in total. The summed E-state index contributed by atoms with van der Waals surface area (Å²) in [6, 6.07) is 13.1. The fraction of sp³-hybridized carbons (Fsp3) is 0.381. The third-order valence-electron chi connectivity index (χ3n) is 3.75. The maximum Gasteiger partial charge on any atom is 0.259 e. The number of hydrogen-bond acceptors (Lipinski definition) is 4. The summed E-state index contributed by atoms with van der Waals surface area (Å²) >= 11 is 0. The van der Waals surface area contributed by atoms with Gasteiger partial charge in [0.2, 0.25) is 10.0 Å². The van der Waals surface area contributed by atoms with Crippen molar-refractivity contribution in [2.75, 3.05) is 11.9 Å². The number of hydrogen-bond donors (Lipinski definition) is 2. The molecule has 7 heteroatoms. The smallest absolute Gasteiger partial charge is 0.259 e. The van der Waals surface area contributed by atoms with Crippen molar-refractivity contribution in [2.45, 2.75) is 51.0 Å². The van der Waals surface area contributed by atoms with E-state index in [4.69, 9.17) is 4.74 Å². The monoisotopic (exact) mass is 404 g/mol. The average Bonchev–Trinajstić information content (AvgIpc) is 2.61. The highest BCUT2D eigenvalue weighted by molar-refractivity contribution is 7.89. The molecule has 0 saturated carbocycles. The summed E-state index contributed by atoms with van der Waals surface area (Å²) in [4.78, 5) is 12.8. The van der Waals surface area contributed by atoms with Gasteiger partial charge in [-0.15, -0.1) is 0 Å². The Labute approximate surface area is 167 Å². The van der Waals surface area contributed by atoms with Crippen LogP contribution in [0.2, 0.25) is 0 Å². The molecule has 28 heavy (non-hydrogen) atoms. The maximum atomic E-state index is 12.6. The molecule has 2 aromatic carbocycles. The normalized spacial score (nSPS) is 11.9. The Balaban J connectivity index is 2.12. The zero-order valence-electron chi connectivity index (χ0n) is 16.8. The summed E-state index contributed by atoms with van der Waals surface area (Å²) in [6.07, 6.45) is 1.92. The Hall–Kier alpha value is -2.38. The van der Waals surface area contributed by atoms with Gasteiger partial charge in [-0.25, -0.2) is 13.1 Å². The van der Waals surface area contributed by atoms with Crippen molar-refractivity contribution in [3.8, 4) is 5.75 Å². The van der Waals surface area contributed by atoms with Crippen LogP contribution in [-0.4, -0.2) is 26.5 Å². The highest BCUT2D eigenvalue weighted by Crippen LogP contribution is 2.21. The third kappa shape index (κ3) is 6.35. The van der Waals surface area contributed by atoms with Crippen LogP contribution in [0, 0.1) is 0 Å². The van der Waals surface area contributed by atoms with Gasteiger partial charge in [0.25, 0.3) is 5.91 Å². The van der Waals surface area contributed by atoms with Gasteiger partial charge in [-0.3, -0.25) is 4.79 Å². The number of carbonyl (C=O) groups is 1. The summed E-state index contributed by atoms with van der Waals surface area (Å²) in [5.74, 6) is 0.220. The summed E-state index contributed by atoms with van der Waals surface area (Å²) in [6.45, 7) is 7.95. The Morgan fingerprint density at radius 1 is 1.04 bits per heavy atom. The molecule has 0 aromatic heterocycles. The minimum absolute atomic E-state index is 0.142. The van der Waals surface area contributed by atoms with Crippen LogP contribution in [0.25, 0.3) is 0 Å². The first-order valence-electron chi connectivity index (χ1n) is 9.29. The van der Waals surface area contributed by atoms with Gasteiger partial charge in [-0.05, 0) is 63.6 Å². The fourth-order valence-electron chi connectivity index (χ4n) is 2.48. The second kappa shape index (κ2) is 9.21. The molecule has 0 saturated heterocycles. The molecule has 0 aliphatic heterocycles. The van der Waals surface area contributed by atoms with Gasteiger partial charge in [0.1, 0.15) is 5.75 Å². The van der Waals surface area contributed by atoms with Crippen molar-refractivity contribution in [1.29, 1.82) is 0 Å². The van der Waals surface area contributed by atoms with E-state index in [2.05, 4.69) is 17.0 Å². The molecule has 0 aliphatic rings. The number of para-hydroxylation sites is 1. The molecule has 2 N–H and O–H groups in total. The van der Waals surface area contributed by atoms with Crippen molar-refractivity contribution in [3.05, 3.63) is 54.1 Å². The van der Waals surface area contributed by atoms with E-state index in [0.717, 1.165) is 12.8 Å². The van der Waals surface area contributed by atoms with Crippen LogP contribution in [-0.2, 0) is 10.0 Å². The number of anilines is 1. The van der Waals surface area contributed by atoms with E-state index in [1.165, 1.54) is 12.1 Å². The number of unbranched alkanes of at least 4 members (excludes halogenated alkanes) is 1. The molecule has 0 bridgehead atoms. The van der Waals surface area contributed by atoms with E-state index in [-0.39, 0.29) is 10.8 Å². The van der Waals surface area contributed by atoms with Gasteiger partial charge < -0.3 is 10.1 Å². The van der Waals surface area contributed by atoms with E-state index < -0.39 is 15.6 Å². The lowest BCUT2D eigenvalue weighted by Gasteiger charge is -2.20. The van der Waals surface area contributed by atoms with Crippen LogP contribution in [0.4, 0.5) is 5.69 Å². The average molecular weight is 405 g/mol. The second-order valence-electron chi connectivity index (χ2n) is 7.53. The number of ether oxygens (including phenoxy) is 1. The van der Waals surface area contributed by atoms with E-state index in [1.807, 2.05) is 6.07 Å². The van der Waals surface area contributed by atoms with Gasteiger partial charge in [0.05, 0.1) is 17.1 Å². The number of sulfonamides is 1. The van der Waals surface area contributed by atoms with Gasteiger partial charge in [0.15, 0.2) is 0 Å². The predicted octanol–water partition coefficient (Wildman–Crippen LogP) is 4.19. The Kier molecular flexibility index (Phi) is 7.21. The number of carbonyl (C=O) groups excluding carboxylic acids is 1. The highest BCUT2D eigenvalue weighted by Gasteiger charge is 2.22. The van der Waals surface area contributed by atoms with E-state index in [9.17, 15) is 13.2 Å². The Morgan fingerprint density at radius 2 is 1.68 bits per heavy atom. The molecule has 0 spiro atoms. The molecule has 1 amide bonds. The molecule has 0 atom stereocenters. The van der Waals surface area contributed by atoms with Gasteiger partial charge >= 0.3 is 0 Å². The van der Waals surface area contributed by atoms with Crippen molar-refractivity contribution in [3.63, 3.8) is 0 Å². The summed E-state index contributed by atoms with van der Waals surface area (Å²) in [5, 5.41) is 2.78. The maximum absolute atomic E-state index is 12.6. The fourth-order valence-corrected chi connectivity index (χ4v) is 3.90. The minimum Gasteiger partial charge on any atom is -0.493 e. The molecule has 152 valence electrons. The topological polar surface area (TPSA) is 84.5 Å². The van der Waals surface area contributed by atoms with Crippen molar-refractivity contribution in [1.82, 2.24) is 4.72 Å². The standard InChI is InChI=1S/C21H28N2O4S/c1-5-6-15-27-19-10-8-7-9-18(19)20(24)22-16-11-13-17(14-12-16)28(25,26)23-21(2,3)4/h7-14,23H,5-6,15H2,1-4H3,(H,22,24). The lowest BCUT2D eigenvalue weighted by Crippen LogP contribution is -2.40. The summed E-state index contributed by atoms with van der Waals surface area (Å²) in [7, 11) is -3.62. The number of nitrogens with one attached hydrogen (secondary N) is 2. The Morgan fingerprint density at radius 3 is 2.29 bits per heavy atom. The Bertz CT molecular complexity index is 901. The molecule has 0 heterocycles. The van der Waals surface area contributed by atoms with Crippen LogP contribution < -0.4 is 14.8 Å². The van der Waals surface area contributed by atoms with Gasteiger partial charge in [-0.1, -0.05) is 25.5 Å². The zero-order chi connectivity index (χ0) is 20.8. The molecular formula is C21H28N2O4S. The van der Waals surface area contributed by atoms with Gasteiger partial charge in [-0.2, -0.15) is 0 Å². The van der Waals surface area contributed by atoms with Gasteiger partial charge in [0, 0.05) is 11.2 Å². The SMILES string of the molecule is CCCCOc1ccccc1C(=O)Nc1ccc(S(=O)(=O)NC(C)(C)C)cc1. The van der Waals surface area contributed by atoms with Crippen molar-refractivity contribution < 1.29 is 17.9 Å². The first-order valence-corrected chi connectivity index (χ1v) is 10.8. The minimum atomic E-state index is -3.62. The molecule has 0 radical (unpaired) electrons. The largest absolute Gasteiger partial charge is 0.493 e. The van der Waals surface area contributed by atoms with E-state index in [1.54, 1.807) is 51.1 Å². The molecular weight excluding hydrogens is 376 g/mol. The first-order chi connectivity index (χ1) is 13.1. The first kappa shape index (κ1) is 21.9. The predicted molar refractivity (Wildman–Crippen MR) is 111 cm³/mol. The third-order valence-corrected chi connectivity index (χ3v) is 5.52. The molecule has 0 aliphatic carbocycles. The summed E-state index contributed by atoms with van der Waals surface area (Å²) in [5.41, 5.74) is 0.362. The van der Waals surface area contributed by atoms with Crippen LogP contribution in [0.3, 0.4) is 0 Å². The lowest BCUT2D eigenvalue weighted by atomic mass is 10.1. The van der Waals surface area contributed by atoms with Crippen LogP contribution >= 0.6 is 0 Å². The van der Waals surface area contributed by atoms with Crippen LogP contribution in [0.1, 0.15) is 50.9 Å². The van der Waals surface area contributed by atoms with Crippen LogP contribution in [0.15, 0.2) is 53.4 Å². The molecule has 2 rings (SSSR count). The summed E-state index contributed by atoms with van der Waals surface area (Å²) < 4.78 is 33.0. The van der Waals surface area contributed by atoms with E-state index in [0.29, 0.717) is 23.6 Å².